The Hall–Kier alpha value is -0.980. The van der Waals surface area contributed by atoms with E-state index in [9.17, 15) is 9.59 Å². The molecular weight excluding hydrogens is 186 g/mol. The highest BCUT2D eigenvalue weighted by Crippen LogP contribution is 2.03. The van der Waals surface area contributed by atoms with Crippen LogP contribution in [0.4, 0.5) is 0 Å². The summed E-state index contributed by atoms with van der Waals surface area (Å²) in [6.45, 7) is 2.82. The van der Waals surface area contributed by atoms with E-state index in [4.69, 9.17) is 4.74 Å². The summed E-state index contributed by atoms with van der Waals surface area (Å²) >= 11 is 0. The molecule has 0 bridgehead atoms. The molecule has 2 fully saturated rings. The number of nitrogens with one attached hydrogen (secondary N) is 2. The van der Waals surface area contributed by atoms with E-state index in [1.807, 2.05) is 5.01 Å². The van der Waals surface area contributed by atoms with Gasteiger partial charge in [-0.25, -0.2) is 10.4 Å². The molecule has 1 atom stereocenters. The highest BCUT2D eigenvalue weighted by molar-refractivity contribution is 6.05. The lowest BCUT2D eigenvalue weighted by Gasteiger charge is -2.28. The van der Waals surface area contributed by atoms with E-state index in [0.29, 0.717) is 13.2 Å². The van der Waals surface area contributed by atoms with Crippen molar-refractivity contribution < 1.29 is 14.3 Å². The first kappa shape index (κ1) is 9.57. The van der Waals surface area contributed by atoms with E-state index in [1.54, 1.807) is 0 Å². The maximum atomic E-state index is 11.2. The van der Waals surface area contributed by atoms with Gasteiger partial charge in [-0.2, -0.15) is 0 Å². The number of hydrogen-bond acceptors (Lipinski definition) is 5. The Bertz CT molecular complexity index is 250. The Morgan fingerprint density at radius 2 is 2.07 bits per heavy atom. The third-order valence-electron chi connectivity index (χ3n) is 2.32. The molecule has 78 valence electrons. The molecule has 0 radical (unpaired) electrons. The standard InChI is InChI=1S/C8H13N3O3/c12-7-5-6(8(13)9-7)10-11-1-3-14-4-2-11/h6,10H,1-5H2,(H,9,12,13). The zero-order valence-corrected chi connectivity index (χ0v) is 7.78. The van der Waals surface area contributed by atoms with Crippen molar-refractivity contribution in [2.75, 3.05) is 26.3 Å². The number of morpholine rings is 1. The van der Waals surface area contributed by atoms with Crippen molar-refractivity contribution in [3.05, 3.63) is 0 Å². The van der Waals surface area contributed by atoms with Gasteiger partial charge in [-0.3, -0.25) is 14.9 Å². The number of carbonyl (C=O) groups is 2. The molecule has 6 nitrogen and oxygen atoms in total. The fourth-order valence-electron chi connectivity index (χ4n) is 1.57. The van der Waals surface area contributed by atoms with Crippen LogP contribution >= 0.6 is 0 Å². The van der Waals surface area contributed by atoms with Crippen LogP contribution in [0.25, 0.3) is 0 Å². The molecule has 0 aromatic rings. The number of imide groups is 1. The largest absolute Gasteiger partial charge is 0.379 e. The van der Waals surface area contributed by atoms with Crippen LogP contribution in [0.5, 0.6) is 0 Å². The smallest absolute Gasteiger partial charge is 0.245 e. The van der Waals surface area contributed by atoms with Crippen LogP contribution in [0, 0.1) is 0 Å². The summed E-state index contributed by atoms with van der Waals surface area (Å²) in [5, 5.41) is 4.18. The molecule has 2 aliphatic rings. The van der Waals surface area contributed by atoms with Crippen molar-refractivity contribution in [3.63, 3.8) is 0 Å². The van der Waals surface area contributed by atoms with E-state index < -0.39 is 6.04 Å². The number of amides is 2. The molecule has 14 heavy (non-hydrogen) atoms. The van der Waals surface area contributed by atoms with Crippen molar-refractivity contribution in [2.45, 2.75) is 12.5 Å². The van der Waals surface area contributed by atoms with Crippen LogP contribution in [-0.4, -0.2) is 49.2 Å². The predicted molar refractivity (Wildman–Crippen MR) is 47.1 cm³/mol. The van der Waals surface area contributed by atoms with Crippen LogP contribution in [0.1, 0.15) is 6.42 Å². The molecule has 0 saturated carbocycles. The second-order valence-electron chi connectivity index (χ2n) is 3.40. The molecular formula is C8H13N3O3. The van der Waals surface area contributed by atoms with Gasteiger partial charge in [0, 0.05) is 13.1 Å². The van der Waals surface area contributed by atoms with Crippen LogP contribution in [0.15, 0.2) is 0 Å². The van der Waals surface area contributed by atoms with Crippen molar-refractivity contribution in [3.8, 4) is 0 Å². The van der Waals surface area contributed by atoms with E-state index in [0.717, 1.165) is 13.1 Å². The monoisotopic (exact) mass is 199 g/mol. The summed E-state index contributed by atoms with van der Waals surface area (Å²) in [6, 6.07) is -0.402. The van der Waals surface area contributed by atoms with Gasteiger partial charge in [0.05, 0.1) is 19.6 Å². The molecule has 0 aromatic carbocycles. The zero-order chi connectivity index (χ0) is 9.97. The zero-order valence-electron chi connectivity index (χ0n) is 7.78. The number of ether oxygens (including phenoxy) is 1. The van der Waals surface area contributed by atoms with Crippen LogP contribution in [0.3, 0.4) is 0 Å². The average molecular weight is 199 g/mol. The minimum atomic E-state index is -0.402. The summed E-state index contributed by atoms with van der Waals surface area (Å²) in [5.41, 5.74) is 3.02. The molecule has 0 aliphatic carbocycles. The molecule has 0 aromatic heterocycles. The average Bonchev–Trinajstić information content (AvgIpc) is 2.47. The van der Waals surface area contributed by atoms with Crippen LogP contribution in [0.2, 0.25) is 0 Å². The first-order valence-electron chi connectivity index (χ1n) is 4.68. The minimum absolute atomic E-state index is 0.208. The van der Waals surface area contributed by atoms with Gasteiger partial charge < -0.3 is 4.74 Å². The van der Waals surface area contributed by atoms with E-state index in [2.05, 4.69) is 10.7 Å². The third-order valence-corrected chi connectivity index (χ3v) is 2.32. The minimum Gasteiger partial charge on any atom is -0.379 e. The van der Waals surface area contributed by atoms with Gasteiger partial charge in [-0.1, -0.05) is 0 Å². The number of nitrogens with zero attached hydrogens (tertiary/aromatic N) is 1. The Morgan fingerprint density at radius 1 is 1.36 bits per heavy atom. The number of rotatable bonds is 2. The van der Waals surface area contributed by atoms with Crippen LogP contribution in [-0.2, 0) is 14.3 Å². The molecule has 2 aliphatic heterocycles. The van der Waals surface area contributed by atoms with Gasteiger partial charge in [-0.15, -0.1) is 0 Å². The topological polar surface area (TPSA) is 70.7 Å². The Kier molecular flexibility index (Phi) is 2.76. The second-order valence-corrected chi connectivity index (χ2v) is 3.40. The van der Waals surface area contributed by atoms with Gasteiger partial charge in [0.25, 0.3) is 0 Å². The normalized spacial score (nSPS) is 29.3. The Morgan fingerprint density at radius 3 is 2.64 bits per heavy atom. The number of carbonyl (C=O) groups excluding carboxylic acids is 2. The Balaban J connectivity index is 1.84. The maximum Gasteiger partial charge on any atom is 0.245 e. The highest BCUT2D eigenvalue weighted by atomic mass is 16.5. The Labute approximate surface area is 81.5 Å². The summed E-state index contributed by atoms with van der Waals surface area (Å²) < 4.78 is 5.16. The molecule has 2 N–H and O–H groups in total. The van der Waals surface area contributed by atoms with Gasteiger partial charge in [0.1, 0.15) is 6.04 Å². The predicted octanol–water partition coefficient (Wildman–Crippen LogP) is -1.76. The first-order chi connectivity index (χ1) is 6.75. The molecule has 2 heterocycles. The lowest BCUT2D eigenvalue weighted by molar-refractivity contribution is -0.125. The van der Waals surface area contributed by atoms with Gasteiger partial charge in [-0.05, 0) is 0 Å². The molecule has 2 amide bonds. The van der Waals surface area contributed by atoms with E-state index in [1.165, 1.54) is 0 Å². The molecule has 2 saturated heterocycles. The summed E-state index contributed by atoms with van der Waals surface area (Å²) in [6.07, 6.45) is 0.232. The van der Waals surface area contributed by atoms with Crippen molar-refractivity contribution in [1.82, 2.24) is 15.8 Å². The first-order valence-corrected chi connectivity index (χ1v) is 4.68. The fourth-order valence-corrected chi connectivity index (χ4v) is 1.57. The quantitative estimate of drug-likeness (QED) is 0.515. The van der Waals surface area contributed by atoms with Crippen molar-refractivity contribution >= 4 is 11.8 Å². The van der Waals surface area contributed by atoms with Gasteiger partial charge in [0.2, 0.25) is 11.8 Å². The highest BCUT2D eigenvalue weighted by Gasteiger charge is 2.31. The second kappa shape index (κ2) is 4.04. The lowest BCUT2D eigenvalue weighted by Crippen LogP contribution is -2.52. The van der Waals surface area contributed by atoms with Crippen LogP contribution < -0.4 is 10.7 Å². The van der Waals surface area contributed by atoms with Gasteiger partial charge in [0.15, 0.2) is 0 Å². The van der Waals surface area contributed by atoms with E-state index in [-0.39, 0.29) is 18.2 Å². The van der Waals surface area contributed by atoms with Gasteiger partial charge >= 0.3 is 0 Å². The SMILES string of the molecule is O=C1CC(NN2CCOCC2)C(=O)N1. The fraction of sp³-hybridized carbons (Fsp3) is 0.750. The van der Waals surface area contributed by atoms with Crippen molar-refractivity contribution in [1.29, 1.82) is 0 Å². The van der Waals surface area contributed by atoms with E-state index >= 15 is 0 Å². The molecule has 0 spiro atoms. The van der Waals surface area contributed by atoms with Crippen molar-refractivity contribution in [2.24, 2.45) is 0 Å². The molecule has 6 heteroatoms. The summed E-state index contributed by atoms with van der Waals surface area (Å²) in [4.78, 5) is 22.1. The number of hydrogen-bond donors (Lipinski definition) is 2. The molecule has 1 unspecified atom stereocenters. The summed E-state index contributed by atoms with van der Waals surface area (Å²) in [5.74, 6) is -0.442. The summed E-state index contributed by atoms with van der Waals surface area (Å²) in [7, 11) is 0. The molecule has 2 rings (SSSR count). The third kappa shape index (κ3) is 2.09. The lowest BCUT2D eigenvalue weighted by atomic mass is 10.2. The maximum absolute atomic E-state index is 11.2. The number of hydrazine groups is 1.